The number of amides is 2. The number of methoxy groups -OCH3 is 1. The average Bonchev–Trinajstić information content (AvgIpc) is 2.75. The number of hydrogen-bond donors (Lipinski definition) is 3. The van der Waals surface area contributed by atoms with Gasteiger partial charge in [0.2, 0.25) is 0 Å². The average molecular weight is 445 g/mol. The van der Waals surface area contributed by atoms with E-state index in [1.165, 1.54) is 62.6 Å². The van der Waals surface area contributed by atoms with Crippen LogP contribution in [0.2, 0.25) is 0 Å². The van der Waals surface area contributed by atoms with Crippen LogP contribution in [-0.2, 0) is 19.1 Å². The minimum Gasteiger partial charge on any atom is -0.479 e. The molecule has 12 heteroatoms. The van der Waals surface area contributed by atoms with Gasteiger partial charge in [0.1, 0.15) is 0 Å². The summed E-state index contributed by atoms with van der Waals surface area (Å²) in [5.41, 5.74) is 0.805. The maximum Gasteiger partial charge on any atom is 0.373 e. The number of carbonyl (C=O) groups is 3. The van der Waals surface area contributed by atoms with Gasteiger partial charge in [-0.15, -0.1) is 0 Å². The number of anilines is 1. The summed E-state index contributed by atoms with van der Waals surface area (Å²) in [5, 5.41) is 24.8. The molecule has 2 aromatic rings. The van der Waals surface area contributed by atoms with Crippen LogP contribution in [0.15, 0.2) is 48.5 Å². The number of rotatable bonds is 8. The summed E-state index contributed by atoms with van der Waals surface area (Å²) in [6.45, 7) is 1.51. The number of nitro groups is 1. The van der Waals surface area contributed by atoms with Crippen molar-refractivity contribution in [3.05, 3.63) is 69.8 Å². The normalized spacial score (nSPS) is 11.6. The Morgan fingerprint density at radius 2 is 1.47 bits per heavy atom. The predicted molar refractivity (Wildman–Crippen MR) is 108 cm³/mol. The Labute approximate surface area is 181 Å². The quantitative estimate of drug-likeness (QED) is 0.400. The van der Waals surface area contributed by atoms with Gasteiger partial charge in [-0.3, -0.25) is 19.7 Å². The summed E-state index contributed by atoms with van der Waals surface area (Å²) in [6.07, 6.45) is -0.931. The van der Waals surface area contributed by atoms with Gasteiger partial charge < -0.3 is 20.5 Å². The summed E-state index contributed by atoms with van der Waals surface area (Å²) >= 11 is 0. The van der Waals surface area contributed by atoms with Gasteiger partial charge in [0.25, 0.3) is 17.5 Å². The molecule has 32 heavy (non-hydrogen) atoms. The van der Waals surface area contributed by atoms with E-state index in [2.05, 4.69) is 10.6 Å². The first-order chi connectivity index (χ1) is 15.1. The van der Waals surface area contributed by atoms with Gasteiger partial charge in [-0.25, -0.2) is 4.79 Å². The highest BCUT2D eigenvalue weighted by atomic mass is 16.6. The van der Waals surface area contributed by atoms with Crippen molar-refractivity contribution in [2.45, 2.75) is 19.1 Å². The number of carboxylic acid groups (broad SMARTS) is 1. The Morgan fingerprint density at radius 1 is 1.00 bits per heavy atom. The van der Waals surface area contributed by atoms with Crippen molar-refractivity contribution >= 4 is 35.3 Å². The maximum atomic E-state index is 12.2. The molecular formula is C20H19N3O9. The first-order valence-corrected chi connectivity index (χ1v) is 8.86. The van der Waals surface area contributed by atoms with E-state index < -0.39 is 34.9 Å². The standard InChI is InChI=1S/C19H19N3O7.CO2/c1-11(16(29-2)19(25)26)20-17(23)12-3-7-14(8-4-12)21-18(24)13-5-9-15(10-6-13)22(27)28;2-1-3/h3-11,16H,1-2H3,(H,20,23)(H,21,24)(H,25,26);/t11-,16+;/m1./s1. The molecule has 0 fully saturated rings. The smallest absolute Gasteiger partial charge is 0.373 e. The molecule has 12 nitrogen and oxygen atoms in total. The van der Waals surface area contributed by atoms with Crippen molar-refractivity contribution in [2.75, 3.05) is 12.4 Å². The zero-order valence-corrected chi connectivity index (χ0v) is 16.9. The second kappa shape index (κ2) is 12.3. The Hall–Kier alpha value is -4.41. The molecule has 2 rings (SSSR count). The molecule has 2 atom stereocenters. The van der Waals surface area contributed by atoms with Crippen LogP contribution in [-0.4, -0.2) is 53.2 Å². The zero-order valence-electron chi connectivity index (χ0n) is 16.9. The molecule has 2 aromatic carbocycles. The van der Waals surface area contributed by atoms with E-state index in [0.29, 0.717) is 5.69 Å². The molecule has 0 saturated heterocycles. The second-order valence-electron chi connectivity index (χ2n) is 6.18. The van der Waals surface area contributed by atoms with Crippen LogP contribution in [0.25, 0.3) is 0 Å². The third kappa shape index (κ3) is 7.44. The van der Waals surface area contributed by atoms with Gasteiger partial charge in [-0.2, -0.15) is 9.59 Å². The summed E-state index contributed by atoms with van der Waals surface area (Å²) in [7, 11) is 1.24. The lowest BCUT2D eigenvalue weighted by Crippen LogP contribution is -2.45. The lowest BCUT2D eigenvalue weighted by molar-refractivity contribution is -0.384. The Balaban J connectivity index is 0.00000161. The SMILES string of the molecule is CO[C@H](C(=O)O)[C@@H](C)NC(=O)c1ccc(NC(=O)c2ccc([N+](=O)[O-])cc2)cc1.O=C=O. The van der Waals surface area contributed by atoms with Crippen molar-refractivity contribution in [3.63, 3.8) is 0 Å². The van der Waals surface area contributed by atoms with E-state index in [4.69, 9.17) is 19.4 Å². The Morgan fingerprint density at radius 3 is 1.91 bits per heavy atom. The predicted octanol–water partition coefficient (Wildman–Crippen LogP) is 1.48. The minimum atomic E-state index is -1.19. The van der Waals surface area contributed by atoms with Crippen molar-refractivity contribution in [3.8, 4) is 0 Å². The summed E-state index contributed by atoms with van der Waals surface area (Å²) in [4.78, 5) is 61.8. The van der Waals surface area contributed by atoms with Crippen LogP contribution >= 0.6 is 0 Å². The molecule has 0 aliphatic carbocycles. The molecule has 0 aromatic heterocycles. The van der Waals surface area contributed by atoms with Gasteiger partial charge in [0.15, 0.2) is 6.10 Å². The van der Waals surface area contributed by atoms with E-state index in [9.17, 15) is 24.5 Å². The third-order valence-corrected chi connectivity index (χ3v) is 4.06. The van der Waals surface area contributed by atoms with Gasteiger partial charge >= 0.3 is 12.1 Å². The van der Waals surface area contributed by atoms with Crippen LogP contribution in [0.5, 0.6) is 0 Å². The molecular weight excluding hydrogens is 426 g/mol. The molecule has 0 spiro atoms. The summed E-state index contributed by atoms with van der Waals surface area (Å²) in [5.74, 6) is -2.14. The highest BCUT2D eigenvalue weighted by molar-refractivity contribution is 6.04. The largest absolute Gasteiger partial charge is 0.479 e. The lowest BCUT2D eigenvalue weighted by atomic mass is 10.1. The van der Waals surface area contributed by atoms with E-state index in [1.54, 1.807) is 0 Å². The number of ether oxygens (including phenoxy) is 1. The number of nitrogens with one attached hydrogen (secondary N) is 2. The molecule has 168 valence electrons. The van der Waals surface area contributed by atoms with Crippen LogP contribution < -0.4 is 10.6 Å². The summed E-state index contributed by atoms with van der Waals surface area (Å²) < 4.78 is 4.84. The van der Waals surface area contributed by atoms with Crippen molar-refractivity contribution < 1.29 is 38.7 Å². The third-order valence-electron chi connectivity index (χ3n) is 4.06. The number of benzene rings is 2. The van der Waals surface area contributed by atoms with Gasteiger partial charge in [-0.1, -0.05) is 0 Å². The molecule has 0 unspecified atom stereocenters. The minimum absolute atomic E-state index is 0.121. The molecule has 3 N–H and O–H groups in total. The molecule has 0 saturated carbocycles. The Bertz CT molecular complexity index is 998. The topological polar surface area (TPSA) is 182 Å². The monoisotopic (exact) mass is 445 g/mol. The number of carboxylic acids is 1. The van der Waals surface area contributed by atoms with Crippen LogP contribution in [0.3, 0.4) is 0 Å². The van der Waals surface area contributed by atoms with Gasteiger partial charge in [0, 0.05) is 36.1 Å². The van der Waals surface area contributed by atoms with Gasteiger partial charge in [-0.05, 0) is 43.3 Å². The number of hydrogen-bond acceptors (Lipinski definition) is 8. The first-order valence-electron chi connectivity index (χ1n) is 8.86. The Kier molecular flexibility index (Phi) is 9.87. The molecule has 0 aliphatic rings. The van der Waals surface area contributed by atoms with E-state index in [-0.39, 0.29) is 23.0 Å². The van der Waals surface area contributed by atoms with Crippen molar-refractivity contribution in [1.29, 1.82) is 0 Å². The van der Waals surface area contributed by atoms with Gasteiger partial charge in [0.05, 0.1) is 11.0 Å². The molecule has 0 bridgehead atoms. The number of aliphatic carboxylic acids is 1. The van der Waals surface area contributed by atoms with Crippen LogP contribution in [0.4, 0.5) is 11.4 Å². The van der Waals surface area contributed by atoms with Crippen molar-refractivity contribution in [1.82, 2.24) is 5.32 Å². The zero-order chi connectivity index (χ0) is 24.3. The molecule has 0 heterocycles. The number of non-ortho nitro benzene ring substituents is 1. The highest BCUT2D eigenvalue weighted by Crippen LogP contribution is 2.15. The molecule has 0 aliphatic heterocycles. The fraction of sp³-hybridized carbons (Fsp3) is 0.200. The lowest BCUT2D eigenvalue weighted by Gasteiger charge is -2.20. The van der Waals surface area contributed by atoms with Crippen LogP contribution in [0, 0.1) is 10.1 Å². The maximum absolute atomic E-state index is 12.2. The fourth-order valence-corrected chi connectivity index (χ4v) is 2.53. The number of nitro benzene ring substituents is 1. The van der Waals surface area contributed by atoms with E-state index in [1.807, 2.05) is 0 Å². The fourth-order valence-electron chi connectivity index (χ4n) is 2.53. The second-order valence-corrected chi connectivity index (χ2v) is 6.18. The number of nitrogens with zero attached hydrogens (tertiary/aromatic N) is 1. The van der Waals surface area contributed by atoms with E-state index >= 15 is 0 Å². The molecule has 0 radical (unpaired) electrons. The number of carbonyl (C=O) groups excluding carboxylic acids is 4. The van der Waals surface area contributed by atoms with Crippen LogP contribution in [0.1, 0.15) is 27.6 Å². The molecule has 2 amide bonds. The highest BCUT2D eigenvalue weighted by Gasteiger charge is 2.25. The first kappa shape index (κ1) is 25.6. The van der Waals surface area contributed by atoms with E-state index in [0.717, 1.165) is 0 Å². The van der Waals surface area contributed by atoms with Crippen molar-refractivity contribution in [2.24, 2.45) is 0 Å². The summed E-state index contributed by atoms with van der Waals surface area (Å²) in [6, 6.07) is 10.3.